The Morgan fingerprint density at radius 3 is 2.73 bits per heavy atom. The van der Waals surface area contributed by atoms with E-state index in [0.29, 0.717) is 12.0 Å². The van der Waals surface area contributed by atoms with Crippen molar-refractivity contribution < 1.29 is 9.18 Å². The molecule has 3 atom stereocenters. The van der Waals surface area contributed by atoms with E-state index in [0.717, 1.165) is 37.9 Å². The van der Waals surface area contributed by atoms with Crippen molar-refractivity contribution in [2.45, 2.75) is 37.3 Å². The summed E-state index contributed by atoms with van der Waals surface area (Å²) in [6.45, 7) is 1.64. The Morgan fingerprint density at radius 2 is 2.05 bits per heavy atom. The van der Waals surface area contributed by atoms with Gasteiger partial charge in [-0.25, -0.2) is 9.18 Å². The number of rotatable bonds is 3. The number of likely N-dealkylation sites (tertiary alicyclic amines) is 1. The second-order valence-electron chi connectivity index (χ2n) is 6.66. The molecule has 5 heteroatoms. The highest BCUT2D eigenvalue weighted by atomic mass is 19.1. The molecule has 1 aromatic carbocycles. The van der Waals surface area contributed by atoms with Gasteiger partial charge in [0.15, 0.2) is 0 Å². The molecule has 4 nitrogen and oxygen atoms in total. The van der Waals surface area contributed by atoms with Crippen molar-refractivity contribution >= 4 is 6.03 Å². The molecule has 1 saturated heterocycles. The quantitative estimate of drug-likeness (QED) is 0.931. The van der Waals surface area contributed by atoms with Crippen molar-refractivity contribution in [3.05, 3.63) is 35.6 Å². The number of carbonyl (C=O) groups excluding carboxylic acids is 1. The van der Waals surface area contributed by atoms with Crippen molar-refractivity contribution in [3.63, 3.8) is 0 Å². The summed E-state index contributed by atoms with van der Waals surface area (Å²) in [5, 5.41) is 3.12. The topological polar surface area (TPSA) is 35.6 Å². The number of piperidine rings is 1. The molecular weight excluding hydrogens is 281 g/mol. The van der Waals surface area contributed by atoms with E-state index >= 15 is 0 Å². The molecule has 0 unspecified atom stereocenters. The van der Waals surface area contributed by atoms with E-state index in [9.17, 15) is 9.18 Å². The standard InChI is InChI=1S/C17H24FN3O/c1-20(2)14-4-3-9-21(11-14)17(22)19-16-10-15(16)12-5-7-13(18)8-6-12/h5-8,14-16H,3-4,9-11H2,1-2H3,(H,19,22)/t14-,15+,16-/m1/s1. The van der Waals surface area contributed by atoms with Crippen LogP contribution in [0.4, 0.5) is 9.18 Å². The Labute approximate surface area is 131 Å². The molecular formula is C17H24FN3O. The van der Waals surface area contributed by atoms with Crippen molar-refractivity contribution in [2.24, 2.45) is 0 Å². The third kappa shape index (κ3) is 3.40. The highest BCUT2D eigenvalue weighted by Gasteiger charge is 2.40. The normalized spacial score (nSPS) is 27.8. The second kappa shape index (κ2) is 6.24. The predicted molar refractivity (Wildman–Crippen MR) is 84.4 cm³/mol. The molecule has 22 heavy (non-hydrogen) atoms. The molecule has 2 fully saturated rings. The van der Waals surface area contributed by atoms with Gasteiger partial charge in [-0.05, 0) is 51.1 Å². The van der Waals surface area contributed by atoms with Gasteiger partial charge in [0.1, 0.15) is 5.82 Å². The number of benzene rings is 1. The Kier molecular flexibility index (Phi) is 4.34. The Balaban J connectivity index is 1.52. The van der Waals surface area contributed by atoms with Gasteiger partial charge in [0.05, 0.1) is 0 Å². The maximum absolute atomic E-state index is 12.9. The van der Waals surface area contributed by atoms with Crippen LogP contribution in [0.5, 0.6) is 0 Å². The van der Waals surface area contributed by atoms with Crippen LogP contribution in [0.15, 0.2) is 24.3 Å². The molecule has 0 spiro atoms. The number of carbonyl (C=O) groups is 1. The number of amides is 2. The van der Waals surface area contributed by atoms with Crippen LogP contribution < -0.4 is 5.32 Å². The first-order chi connectivity index (χ1) is 10.5. The molecule has 1 aliphatic carbocycles. The van der Waals surface area contributed by atoms with Gasteiger partial charge in [0.25, 0.3) is 0 Å². The minimum Gasteiger partial charge on any atom is -0.335 e. The lowest BCUT2D eigenvalue weighted by molar-refractivity contribution is 0.139. The van der Waals surface area contributed by atoms with Crippen molar-refractivity contribution in [1.82, 2.24) is 15.1 Å². The lowest BCUT2D eigenvalue weighted by Crippen LogP contribution is -2.51. The van der Waals surface area contributed by atoms with Crippen LogP contribution in [0, 0.1) is 5.82 Å². The first-order valence-corrected chi connectivity index (χ1v) is 8.02. The summed E-state index contributed by atoms with van der Waals surface area (Å²) >= 11 is 0. The summed E-state index contributed by atoms with van der Waals surface area (Å²) in [4.78, 5) is 16.5. The number of urea groups is 1. The summed E-state index contributed by atoms with van der Waals surface area (Å²) in [7, 11) is 4.13. The fourth-order valence-electron chi connectivity index (χ4n) is 3.24. The van der Waals surface area contributed by atoms with Gasteiger partial charge in [0, 0.05) is 31.1 Å². The third-order valence-corrected chi connectivity index (χ3v) is 4.81. The van der Waals surface area contributed by atoms with Gasteiger partial charge >= 0.3 is 6.03 Å². The fraction of sp³-hybridized carbons (Fsp3) is 0.588. The van der Waals surface area contributed by atoms with Crippen LogP contribution in [0.2, 0.25) is 0 Å². The summed E-state index contributed by atoms with van der Waals surface area (Å²) in [6, 6.07) is 7.28. The Hall–Kier alpha value is -1.62. The molecule has 0 radical (unpaired) electrons. The summed E-state index contributed by atoms with van der Waals surface area (Å²) in [6.07, 6.45) is 3.16. The smallest absolute Gasteiger partial charge is 0.317 e. The van der Waals surface area contributed by atoms with Crippen molar-refractivity contribution in [1.29, 1.82) is 0 Å². The van der Waals surface area contributed by atoms with Crippen molar-refractivity contribution in [2.75, 3.05) is 27.2 Å². The van der Waals surface area contributed by atoms with Crippen LogP contribution in [0.1, 0.15) is 30.7 Å². The van der Waals surface area contributed by atoms with E-state index in [1.807, 2.05) is 17.0 Å². The molecule has 3 rings (SSSR count). The molecule has 1 aromatic rings. The number of nitrogens with zero attached hydrogens (tertiary/aromatic N) is 2. The van der Waals surface area contributed by atoms with E-state index in [1.54, 1.807) is 0 Å². The zero-order valence-electron chi connectivity index (χ0n) is 13.3. The van der Waals surface area contributed by atoms with E-state index < -0.39 is 0 Å². The Bertz CT molecular complexity index is 531. The molecule has 120 valence electrons. The van der Waals surface area contributed by atoms with Gasteiger partial charge < -0.3 is 15.1 Å². The third-order valence-electron chi connectivity index (χ3n) is 4.81. The van der Waals surface area contributed by atoms with Gasteiger partial charge in [-0.15, -0.1) is 0 Å². The van der Waals surface area contributed by atoms with E-state index in [4.69, 9.17) is 0 Å². The maximum atomic E-state index is 12.9. The van der Waals surface area contributed by atoms with Crippen LogP contribution in [0.3, 0.4) is 0 Å². The number of hydrogen-bond donors (Lipinski definition) is 1. The van der Waals surface area contributed by atoms with E-state index in [2.05, 4.69) is 24.3 Å². The van der Waals surface area contributed by atoms with Crippen LogP contribution in [0.25, 0.3) is 0 Å². The second-order valence-corrected chi connectivity index (χ2v) is 6.66. The average Bonchev–Trinajstić information content (AvgIpc) is 3.27. The highest BCUT2D eigenvalue weighted by molar-refractivity contribution is 5.75. The number of halogens is 1. The number of likely N-dealkylation sites (N-methyl/N-ethyl adjacent to an activating group) is 1. The summed E-state index contributed by atoms with van der Waals surface area (Å²) in [5.41, 5.74) is 1.11. The van der Waals surface area contributed by atoms with Gasteiger partial charge in [0.2, 0.25) is 0 Å². The molecule has 1 saturated carbocycles. The lowest BCUT2D eigenvalue weighted by Gasteiger charge is -2.36. The summed E-state index contributed by atoms with van der Waals surface area (Å²) < 4.78 is 12.9. The molecule has 0 bridgehead atoms. The monoisotopic (exact) mass is 305 g/mol. The van der Waals surface area contributed by atoms with E-state index in [-0.39, 0.29) is 17.9 Å². The van der Waals surface area contributed by atoms with Gasteiger partial charge in [-0.3, -0.25) is 0 Å². The molecule has 1 aliphatic heterocycles. The molecule has 2 amide bonds. The fourth-order valence-corrected chi connectivity index (χ4v) is 3.24. The molecule has 0 aromatic heterocycles. The zero-order valence-corrected chi connectivity index (χ0v) is 13.3. The highest BCUT2D eigenvalue weighted by Crippen LogP contribution is 2.40. The van der Waals surface area contributed by atoms with Crippen LogP contribution in [-0.2, 0) is 0 Å². The molecule has 1 heterocycles. The Morgan fingerprint density at radius 1 is 1.32 bits per heavy atom. The first-order valence-electron chi connectivity index (χ1n) is 8.02. The maximum Gasteiger partial charge on any atom is 0.317 e. The van der Waals surface area contributed by atoms with E-state index in [1.165, 1.54) is 12.1 Å². The zero-order chi connectivity index (χ0) is 15.7. The van der Waals surface area contributed by atoms with Gasteiger partial charge in [-0.1, -0.05) is 12.1 Å². The minimum atomic E-state index is -0.215. The number of hydrogen-bond acceptors (Lipinski definition) is 2. The molecule has 1 N–H and O–H groups in total. The number of nitrogens with one attached hydrogen (secondary N) is 1. The van der Waals surface area contributed by atoms with Crippen LogP contribution >= 0.6 is 0 Å². The van der Waals surface area contributed by atoms with Gasteiger partial charge in [-0.2, -0.15) is 0 Å². The largest absolute Gasteiger partial charge is 0.335 e. The first kappa shape index (κ1) is 15.3. The summed E-state index contributed by atoms with van der Waals surface area (Å²) in [5.74, 6) is 0.118. The van der Waals surface area contributed by atoms with Crippen LogP contribution in [-0.4, -0.2) is 55.1 Å². The lowest BCUT2D eigenvalue weighted by atomic mass is 10.1. The average molecular weight is 305 g/mol. The SMILES string of the molecule is CN(C)[C@@H]1CCCN(C(=O)N[C@@H]2C[C@H]2c2ccc(F)cc2)C1. The van der Waals surface area contributed by atoms with Crippen molar-refractivity contribution in [3.8, 4) is 0 Å². The predicted octanol–water partition coefficient (Wildman–Crippen LogP) is 2.42. The molecule has 2 aliphatic rings. The minimum absolute atomic E-state index is 0.0427.